The first-order valence-electron chi connectivity index (χ1n) is 7.19. The van der Waals surface area contributed by atoms with Crippen molar-refractivity contribution in [3.8, 4) is 0 Å². The van der Waals surface area contributed by atoms with E-state index in [2.05, 4.69) is 15.4 Å². The van der Waals surface area contributed by atoms with E-state index in [-0.39, 0.29) is 5.91 Å². The van der Waals surface area contributed by atoms with Crippen LogP contribution in [-0.2, 0) is 26.4 Å². The molecular weight excluding hydrogens is 266 g/mol. The van der Waals surface area contributed by atoms with Crippen molar-refractivity contribution in [1.29, 1.82) is 0 Å². The maximum Gasteiger partial charge on any atom is 0.270 e. The molecule has 0 saturated heterocycles. The van der Waals surface area contributed by atoms with E-state index in [1.54, 1.807) is 10.9 Å². The minimum absolute atomic E-state index is 0.101. The van der Waals surface area contributed by atoms with Gasteiger partial charge < -0.3 is 11.1 Å². The van der Waals surface area contributed by atoms with Gasteiger partial charge in [0.2, 0.25) is 0 Å². The molecule has 1 aliphatic rings. The van der Waals surface area contributed by atoms with Crippen LogP contribution < -0.4 is 11.1 Å². The van der Waals surface area contributed by atoms with Crippen molar-refractivity contribution in [3.05, 3.63) is 40.8 Å². The number of nitrogens with two attached hydrogens (primary N) is 1. The number of hydrogen-bond acceptors (Lipinski definition) is 4. The summed E-state index contributed by atoms with van der Waals surface area (Å²) in [5, 5.41) is 7.38. The van der Waals surface area contributed by atoms with E-state index in [9.17, 15) is 4.79 Å². The summed E-state index contributed by atoms with van der Waals surface area (Å²) >= 11 is 0. The molecule has 0 aliphatic heterocycles. The van der Waals surface area contributed by atoms with E-state index in [4.69, 9.17) is 5.73 Å². The Bertz CT molecular complexity index is 677. The van der Waals surface area contributed by atoms with E-state index in [1.807, 2.05) is 19.2 Å². The fraction of sp³-hybridized carbons (Fsp3) is 0.400. The number of amides is 1. The second kappa shape index (κ2) is 5.55. The third-order valence-electron chi connectivity index (χ3n) is 3.90. The number of aromatic nitrogens is 3. The average molecular weight is 285 g/mol. The monoisotopic (exact) mass is 285 g/mol. The Morgan fingerprint density at radius 3 is 3.05 bits per heavy atom. The van der Waals surface area contributed by atoms with Crippen molar-refractivity contribution in [2.24, 2.45) is 7.05 Å². The highest BCUT2D eigenvalue weighted by Crippen LogP contribution is 2.23. The van der Waals surface area contributed by atoms with Crippen molar-refractivity contribution in [2.75, 3.05) is 5.73 Å². The van der Waals surface area contributed by atoms with Crippen molar-refractivity contribution in [2.45, 2.75) is 32.2 Å². The van der Waals surface area contributed by atoms with Crippen LogP contribution in [0.1, 0.15) is 40.2 Å². The van der Waals surface area contributed by atoms with Crippen LogP contribution >= 0.6 is 0 Å². The van der Waals surface area contributed by atoms with Gasteiger partial charge in [-0.15, -0.1) is 0 Å². The van der Waals surface area contributed by atoms with Crippen LogP contribution in [0.15, 0.2) is 18.3 Å². The van der Waals surface area contributed by atoms with Gasteiger partial charge in [-0.05, 0) is 31.7 Å². The molecule has 2 aromatic heterocycles. The minimum atomic E-state index is -0.101. The maximum absolute atomic E-state index is 12.5. The molecule has 2 aromatic rings. The molecule has 3 rings (SSSR count). The second-order valence-corrected chi connectivity index (χ2v) is 5.34. The normalized spacial score (nSPS) is 13.8. The molecule has 0 unspecified atom stereocenters. The van der Waals surface area contributed by atoms with Gasteiger partial charge in [0.25, 0.3) is 5.91 Å². The highest BCUT2D eigenvalue weighted by atomic mass is 16.2. The van der Waals surface area contributed by atoms with Crippen LogP contribution in [0.5, 0.6) is 0 Å². The molecule has 0 bridgehead atoms. The SMILES string of the molecule is Cn1nc2c(c1C(=O)NCc1cccnc1N)CCCC2. The molecule has 1 aliphatic carbocycles. The number of anilines is 1. The van der Waals surface area contributed by atoms with Crippen LogP contribution in [0, 0.1) is 0 Å². The van der Waals surface area contributed by atoms with Gasteiger partial charge in [0, 0.05) is 30.9 Å². The van der Waals surface area contributed by atoms with Gasteiger partial charge in [0.05, 0.1) is 5.69 Å². The fourth-order valence-electron chi connectivity index (χ4n) is 2.82. The fourth-order valence-corrected chi connectivity index (χ4v) is 2.82. The average Bonchev–Trinajstić information content (AvgIpc) is 2.82. The van der Waals surface area contributed by atoms with Crippen molar-refractivity contribution >= 4 is 11.7 Å². The zero-order chi connectivity index (χ0) is 14.8. The lowest BCUT2D eigenvalue weighted by Gasteiger charge is -2.12. The van der Waals surface area contributed by atoms with Gasteiger partial charge in [-0.3, -0.25) is 9.48 Å². The molecule has 110 valence electrons. The summed E-state index contributed by atoms with van der Waals surface area (Å²) in [4.78, 5) is 16.5. The lowest BCUT2D eigenvalue weighted by atomic mass is 9.95. The van der Waals surface area contributed by atoms with Crippen LogP contribution in [-0.4, -0.2) is 20.7 Å². The van der Waals surface area contributed by atoms with Crippen molar-refractivity contribution in [1.82, 2.24) is 20.1 Å². The molecule has 0 spiro atoms. The molecule has 3 N–H and O–H groups in total. The Labute approximate surface area is 123 Å². The minimum Gasteiger partial charge on any atom is -0.383 e. The zero-order valence-electron chi connectivity index (χ0n) is 12.1. The van der Waals surface area contributed by atoms with E-state index >= 15 is 0 Å². The number of aryl methyl sites for hydroxylation is 2. The number of nitrogens with one attached hydrogen (secondary N) is 1. The summed E-state index contributed by atoms with van der Waals surface area (Å²) in [6.45, 7) is 0.373. The predicted molar refractivity (Wildman–Crippen MR) is 79.7 cm³/mol. The van der Waals surface area contributed by atoms with Crippen molar-refractivity contribution < 1.29 is 4.79 Å². The maximum atomic E-state index is 12.5. The lowest BCUT2D eigenvalue weighted by Crippen LogP contribution is -2.27. The molecule has 2 heterocycles. The highest BCUT2D eigenvalue weighted by Gasteiger charge is 2.23. The molecule has 0 radical (unpaired) electrons. The Balaban J connectivity index is 1.77. The number of fused-ring (bicyclic) bond motifs is 1. The molecule has 6 nitrogen and oxygen atoms in total. The molecule has 0 fully saturated rings. The number of rotatable bonds is 3. The topological polar surface area (TPSA) is 85.8 Å². The van der Waals surface area contributed by atoms with Crippen LogP contribution in [0.3, 0.4) is 0 Å². The van der Waals surface area contributed by atoms with Crippen LogP contribution in [0.2, 0.25) is 0 Å². The summed E-state index contributed by atoms with van der Waals surface area (Å²) < 4.78 is 1.69. The third kappa shape index (κ3) is 2.61. The Kier molecular flexibility index (Phi) is 3.60. The molecular formula is C15H19N5O. The quantitative estimate of drug-likeness (QED) is 0.887. The van der Waals surface area contributed by atoms with E-state index in [0.29, 0.717) is 18.1 Å². The smallest absolute Gasteiger partial charge is 0.270 e. The first kappa shape index (κ1) is 13.6. The predicted octanol–water partition coefficient (Wildman–Crippen LogP) is 1.21. The van der Waals surface area contributed by atoms with Crippen LogP contribution in [0.25, 0.3) is 0 Å². The van der Waals surface area contributed by atoms with Gasteiger partial charge in [0.15, 0.2) is 0 Å². The summed E-state index contributed by atoms with van der Waals surface area (Å²) in [5.41, 5.74) is 9.44. The summed E-state index contributed by atoms with van der Waals surface area (Å²) in [6, 6.07) is 3.67. The molecule has 21 heavy (non-hydrogen) atoms. The molecule has 0 aromatic carbocycles. The molecule has 0 atom stereocenters. The number of nitrogens with zero attached hydrogens (tertiary/aromatic N) is 3. The Morgan fingerprint density at radius 2 is 2.24 bits per heavy atom. The Morgan fingerprint density at radius 1 is 1.43 bits per heavy atom. The van der Waals surface area contributed by atoms with E-state index in [1.165, 1.54) is 0 Å². The number of hydrogen-bond donors (Lipinski definition) is 2. The van der Waals surface area contributed by atoms with Gasteiger partial charge in [-0.1, -0.05) is 6.07 Å². The van der Waals surface area contributed by atoms with Gasteiger partial charge in [-0.2, -0.15) is 5.10 Å². The van der Waals surface area contributed by atoms with Gasteiger partial charge in [-0.25, -0.2) is 4.98 Å². The Hall–Kier alpha value is -2.37. The first-order valence-corrected chi connectivity index (χ1v) is 7.19. The van der Waals surface area contributed by atoms with E-state index < -0.39 is 0 Å². The second-order valence-electron chi connectivity index (χ2n) is 5.34. The standard InChI is InChI=1S/C15H19N5O/c1-20-13(11-6-2-3-7-12(11)19-20)15(21)18-9-10-5-4-8-17-14(10)16/h4-5,8H,2-3,6-7,9H2,1H3,(H2,16,17)(H,18,21). The molecule has 6 heteroatoms. The molecule has 1 amide bonds. The number of carbonyl (C=O) groups excluding carboxylic acids is 1. The summed E-state index contributed by atoms with van der Waals surface area (Å²) in [6.07, 6.45) is 5.80. The van der Waals surface area contributed by atoms with Gasteiger partial charge >= 0.3 is 0 Å². The van der Waals surface area contributed by atoms with Crippen molar-refractivity contribution in [3.63, 3.8) is 0 Å². The molecule has 0 saturated carbocycles. The van der Waals surface area contributed by atoms with Gasteiger partial charge in [0.1, 0.15) is 11.5 Å². The number of pyridine rings is 1. The van der Waals surface area contributed by atoms with Crippen LogP contribution in [0.4, 0.5) is 5.82 Å². The number of nitrogen functional groups attached to an aromatic ring is 1. The van der Waals surface area contributed by atoms with E-state index in [0.717, 1.165) is 42.5 Å². The third-order valence-corrected chi connectivity index (χ3v) is 3.90. The number of carbonyl (C=O) groups is 1. The largest absolute Gasteiger partial charge is 0.383 e. The summed E-state index contributed by atoms with van der Waals surface area (Å²) in [5.74, 6) is 0.348. The lowest BCUT2D eigenvalue weighted by molar-refractivity contribution is 0.0940. The summed E-state index contributed by atoms with van der Waals surface area (Å²) in [7, 11) is 1.83. The zero-order valence-corrected chi connectivity index (χ0v) is 12.1. The first-order chi connectivity index (χ1) is 10.2. The highest BCUT2D eigenvalue weighted by molar-refractivity contribution is 5.94.